The number of nitrogens with one attached hydrogen (secondary N) is 1. The molecular weight excluding hydrogens is 379 g/mol. The van der Waals surface area contributed by atoms with Gasteiger partial charge in [0.25, 0.3) is 0 Å². The monoisotopic (exact) mass is 393 g/mol. The van der Waals surface area contributed by atoms with E-state index in [4.69, 9.17) is 9.47 Å². The molecule has 3 rings (SSSR count). The van der Waals surface area contributed by atoms with Crippen LogP contribution in [0.2, 0.25) is 0 Å². The average Bonchev–Trinajstić information content (AvgIpc) is 2.66. The van der Waals surface area contributed by atoms with Gasteiger partial charge in [0.15, 0.2) is 23.0 Å². The molecule has 10 heteroatoms. The highest BCUT2D eigenvalue weighted by atomic mass is 19.4. The van der Waals surface area contributed by atoms with E-state index < -0.39 is 23.4 Å². The van der Waals surface area contributed by atoms with Crippen LogP contribution >= 0.6 is 0 Å². The molecule has 0 fully saturated rings. The minimum atomic E-state index is -4.56. The van der Waals surface area contributed by atoms with Crippen LogP contribution in [-0.4, -0.2) is 35.3 Å². The molecule has 1 aromatic heterocycles. The van der Waals surface area contributed by atoms with Crippen LogP contribution in [0.5, 0.6) is 11.5 Å². The number of hydrogen-bond acceptors (Lipinski definition) is 6. The Balaban J connectivity index is 2.10. The van der Waals surface area contributed by atoms with Gasteiger partial charge in [0.1, 0.15) is 0 Å². The summed E-state index contributed by atoms with van der Waals surface area (Å²) in [7, 11) is 2.89. The second-order valence-corrected chi connectivity index (χ2v) is 5.62. The Bertz CT molecular complexity index is 1050. The first kappa shape index (κ1) is 19.2. The van der Waals surface area contributed by atoms with Crippen molar-refractivity contribution in [3.05, 3.63) is 47.7 Å². The first-order valence-electron chi connectivity index (χ1n) is 7.84. The molecule has 0 spiro atoms. The molecule has 2 aromatic carbocycles. The second-order valence-electron chi connectivity index (χ2n) is 5.62. The van der Waals surface area contributed by atoms with E-state index in [1.54, 1.807) is 12.1 Å². The van der Waals surface area contributed by atoms with E-state index in [1.165, 1.54) is 20.3 Å². The zero-order valence-corrected chi connectivity index (χ0v) is 14.7. The Morgan fingerprint density at radius 1 is 1.00 bits per heavy atom. The van der Waals surface area contributed by atoms with E-state index in [0.29, 0.717) is 17.2 Å². The molecule has 0 saturated carbocycles. The van der Waals surface area contributed by atoms with Crippen LogP contribution in [0.4, 0.5) is 24.7 Å². The lowest BCUT2D eigenvalue weighted by Gasteiger charge is -2.13. The molecule has 146 valence electrons. The quantitative estimate of drug-likeness (QED) is 0.674. The summed E-state index contributed by atoms with van der Waals surface area (Å²) in [5.41, 5.74) is -1.01. The summed E-state index contributed by atoms with van der Waals surface area (Å²) in [6.07, 6.45) is -4.56. The van der Waals surface area contributed by atoms with Gasteiger partial charge in [-0.3, -0.25) is 0 Å². The number of carboxylic acid groups (broad SMARTS) is 1. The number of methoxy groups -OCH3 is 2. The van der Waals surface area contributed by atoms with Crippen molar-refractivity contribution in [2.75, 3.05) is 19.5 Å². The number of alkyl halides is 3. The lowest BCUT2D eigenvalue weighted by atomic mass is 10.2. The van der Waals surface area contributed by atoms with Crippen molar-refractivity contribution in [2.24, 2.45) is 0 Å². The van der Waals surface area contributed by atoms with Gasteiger partial charge in [0.05, 0.1) is 30.8 Å². The molecule has 7 nitrogen and oxygen atoms in total. The highest BCUT2D eigenvalue weighted by Crippen LogP contribution is 2.33. The maximum Gasteiger partial charge on any atom is 0.416 e. The normalized spacial score (nSPS) is 11.3. The van der Waals surface area contributed by atoms with E-state index in [0.717, 1.165) is 18.2 Å². The van der Waals surface area contributed by atoms with E-state index in [1.807, 2.05) is 0 Å². The lowest BCUT2D eigenvalue weighted by molar-refractivity contribution is -0.137. The summed E-state index contributed by atoms with van der Waals surface area (Å²) in [5, 5.41) is 12.2. The molecule has 0 radical (unpaired) electrons. The van der Waals surface area contributed by atoms with Crippen molar-refractivity contribution < 1.29 is 32.5 Å². The largest absolute Gasteiger partial charge is 0.493 e. The van der Waals surface area contributed by atoms with Crippen LogP contribution < -0.4 is 14.8 Å². The van der Waals surface area contributed by atoms with Crippen LogP contribution in [0.1, 0.15) is 16.1 Å². The van der Waals surface area contributed by atoms with Crippen molar-refractivity contribution in [2.45, 2.75) is 6.18 Å². The molecule has 0 unspecified atom stereocenters. The lowest BCUT2D eigenvalue weighted by Crippen LogP contribution is -2.10. The molecule has 28 heavy (non-hydrogen) atoms. The summed E-state index contributed by atoms with van der Waals surface area (Å²) in [6, 6.07) is 7.40. The third kappa shape index (κ3) is 3.75. The Kier molecular flexibility index (Phi) is 4.95. The zero-order chi connectivity index (χ0) is 20.5. The van der Waals surface area contributed by atoms with Crippen molar-refractivity contribution in [3.63, 3.8) is 0 Å². The predicted octanol–water partition coefficient (Wildman–Crippen LogP) is 4.11. The summed E-state index contributed by atoms with van der Waals surface area (Å²) >= 11 is 0. The van der Waals surface area contributed by atoms with E-state index in [-0.39, 0.29) is 16.9 Å². The highest BCUT2D eigenvalue weighted by Gasteiger charge is 2.31. The van der Waals surface area contributed by atoms with Crippen molar-refractivity contribution in [1.82, 2.24) is 9.97 Å². The molecule has 0 aliphatic carbocycles. The number of nitrogens with zero attached hydrogens (tertiary/aromatic N) is 2. The number of benzene rings is 2. The van der Waals surface area contributed by atoms with Crippen LogP contribution in [0, 0.1) is 0 Å². The van der Waals surface area contributed by atoms with Crippen molar-refractivity contribution >= 4 is 28.5 Å². The minimum Gasteiger partial charge on any atom is -0.493 e. The molecule has 0 bridgehead atoms. The number of hydrogen-bond donors (Lipinski definition) is 2. The average molecular weight is 393 g/mol. The third-order valence-electron chi connectivity index (χ3n) is 3.84. The van der Waals surface area contributed by atoms with Gasteiger partial charge < -0.3 is 19.9 Å². The van der Waals surface area contributed by atoms with Gasteiger partial charge >= 0.3 is 12.1 Å². The fourth-order valence-electron chi connectivity index (χ4n) is 2.52. The Hall–Kier alpha value is -3.56. The zero-order valence-electron chi connectivity index (χ0n) is 14.7. The second kappa shape index (κ2) is 7.22. The maximum absolute atomic E-state index is 12.9. The summed E-state index contributed by atoms with van der Waals surface area (Å²) < 4.78 is 49.1. The number of rotatable bonds is 5. The smallest absolute Gasteiger partial charge is 0.416 e. The summed E-state index contributed by atoms with van der Waals surface area (Å²) in [4.78, 5) is 19.5. The SMILES string of the molecule is COc1ccc(Nc2nc3cc(C(F)(F)F)ccc3nc2C(=O)O)cc1OC. The van der Waals surface area contributed by atoms with Gasteiger partial charge in [0, 0.05) is 11.8 Å². The number of carboxylic acids is 1. The van der Waals surface area contributed by atoms with E-state index >= 15 is 0 Å². The third-order valence-corrected chi connectivity index (χ3v) is 3.84. The standard InChI is InChI=1S/C18H14F3N3O4/c1-27-13-6-4-10(8-14(13)28-2)22-16-15(17(25)26)23-11-5-3-9(18(19,20)21)7-12(11)24-16/h3-8H,1-2H3,(H,22,24)(H,25,26). The summed E-state index contributed by atoms with van der Waals surface area (Å²) in [6.45, 7) is 0. The topological polar surface area (TPSA) is 93.6 Å². The van der Waals surface area contributed by atoms with E-state index in [9.17, 15) is 23.1 Å². The highest BCUT2D eigenvalue weighted by molar-refractivity contribution is 5.95. The van der Waals surface area contributed by atoms with E-state index in [2.05, 4.69) is 15.3 Å². The maximum atomic E-state index is 12.9. The van der Waals surface area contributed by atoms with Crippen LogP contribution in [-0.2, 0) is 6.18 Å². The van der Waals surface area contributed by atoms with Gasteiger partial charge in [-0.25, -0.2) is 14.8 Å². The van der Waals surface area contributed by atoms with Crippen LogP contribution in [0.15, 0.2) is 36.4 Å². The molecule has 0 aliphatic heterocycles. The van der Waals surface area contributed by atoms with Gasteiger partial charge in [0.2, 0.25) is 0 Å². The summed E-state index contributed by atoms with van der Waals surface area (Å²) in [5.74, 6) is -0.757. The molecule has 1 heterocycles. The Morgan fingerprint density at radius 3 is 2.32 bits per heavy atom. The molecule has 3 aromatic rings. The predicted molar refractivity (Wildman–Crippen MR) is 94.3 cm³/mol. The van der Waals surface area contributed by atoms with Crippen molar-refractivity contribution in [3.8, 4) is 11.5 Å². The molecular formula is C18H14F3N3O4. The van der Waals surface area contributed by atoms with Crippen LogP contribution in [0.3, 0.4) is 0 Å². The Morgan fingerprint density at radius 2 is 1.71 bits per heavy atom. The number of aromatic carboxylic acids is 1. The molecule has 2 N–H and O–H groups in total. The van der Waals surface area contributed by atoms with Gasteiger partial charge in [-0.1, -0.05) is 0 Å². The molecule has 0 saturated heterocycles. The fourth-order valence-corrected chi connectivity index (χ4v) is 2.52. The minimum absolute atomic E-state index is 0.0308. The van der Waals surface area contributed by atoms with Gasteiger partial charge in [-0.2, -0.15) is 13.2 Å². The van der Waals surface area contributed by atoms with Crippen molar-refractivity contribution in [1.29, 1.82) is 0 Å². The van der Waals surface area contributed by atoms with Gasteiger partial charge in [-0.15, -0.1) is 0 Å². The Labute approximate surface area is 156 Å². The van der Waals surface area contributed by atoms with Crippen LogP contribution in [0.25, 0.3) is 11.0 Å². The number of ether oxygens (including phenoxy) is 2. The number of aromatic nitrogens is 2. The van der Waals surface area contributed by atoms with Gasteiger partial charge in [-0.05, 0) is 30.3 Å². The first-order valence-corrected chi connectivity index (χ1v) is 7.84. The first-order chi connectivity index (χ1) is 13.2. The number of fused-ring (bicyclic) bond motifs is 1. The number of anilines is 2. The molecule has 0 atom stereocenters. The number of carbonyl (C=O) groups is 1. The molecule has 0 amide bonds. The number of halogens is 3. The fraction of sp³-hybridized carbons (Fsp3) is 0.167. The molecule has 0 aliphatic rings.